The quantitative estimate of drug-likeness (QED) is 0.638. The van der Waals surface area contributed by atoms with Gasteiger partial charge in [-0.05, 0) is 126 Å². The molecule has 23 heavy (non-hydrogen) atoms. The van der Waals surface area contributed by atoms with Crippen LogP contribution >= 0.6 is 0 Å². The van der Waals surface area contributed by atoms with Crippen LogP contribution in [0.1, 0.15) is 84.0 Å². The zero-order valence-electron chi connectivity index (χ0n) is 15.4. The number of allylic oxidation sites excluding steroid dienone is 2. The fourth-order valence-electron chi connectivity index (χ4n) is 6.06. The molecule has 0 bridgehead atoms. The average molecular weight is 318 g/mol. The van der Waals surface area contributed by atoms with Crippen molar-refractivity contribution in [3.63, 3.8) is 0 Å². The van der Waals surface area contributed by atoms with Gasteiger partial charge in [0, 0.05) is 0 Å². The summed E-state index contributed by atoms with van der Waals surface area (Å²) in [6.45, 7) is 3.10. The molecule has 1 nitrogen and oxygen atoms in total. The Bertz CT molecular complexity index is 350. The van der Waals surface area contributed by atoms with Crippen molar-refractivity contribution in [2.75, 3.05) is 6.54 Å². The van der Waals surface area contributed by atoms with E-state index < -0.39 is 0 Å². The Kier molecular flexibility index (Phi) is 6.62. The maximum absolute atomic E-state index is 5.85. The van der Waals surface area contributed by atoms with Crippen LogP contribution in [0.4, 0.5) is 0 Å². The molecule has 0 radical (unpaired) electrons. The second-order valence-electron chi connectivity index (χ2n) is 8.89. The highest BCUT2D eigenvalue weighted by Gasteiger charge is 2.34. The Labute approximate surface area is 144 Å². The molecular weight excluding hydrogens is 278 g/mol. The predicted octanol–water partition coefficient (Wildman–Crippen LogP) is 5.94. The SMILES string of the molecule is C/C=C/C1CCC(C2CCC(C3CCC(CN)CC3)CC2)CC1. The summed E-state index contributed by atoms with van der Waals surface area (Å²) in [6.07, 6.45) is 22.6. The van der Waals surface area contributed by atoms with E-state index in [-0.39, 0.29) is 0 Å². The number of hydrogen-bond donors (Lipinski definition) is 1. The first kappa shape index (κ1) is 17.5. The van der Waals surface area contributed by atoms with Gasteiger partial charge in [-0.15, -0.1) is 0 Å². The van der Waals surface area contributed by atoms with Crippen LogP contribution in [0.25, 0.3) is 0 Å². The molecule has 0 aromatic rings. The van der Waals surface area contributed by atoms with Crippen LogP contribution in [0.5, 0.6) is 0 Å². The summed E-state index contributed by atoms with van der Waals surface area (Å²) >= 11 is 0. The Morgan fingerprint density at radius 3 is 1.43 bits per heavy atom. The number of rotatable bonds is 4. The second kappa shape index (κ2) is 8.70. The van der Waals surface area contributed by atoms with Crippen molar-refractivity contribution in [2.24, 2.45) is 41.2 Å². The molecule has 0 aromatic carbocycles. The molecule has 3 aliphatic rings. The molecule has 3 saturated carbocycles. The van der Waals surface area contributed by atoms with Crippen LogP contribution in [0.3, 0.4) is 0 Å². The largest absolute Gasteiger partial charge is 0.330 e. The fourth-order valence-corrected chi connectivity index (χ4v) is 6.06. The van der Waals surface area contributed by atoms with Crippen molar-refractivity contribution in [1.82, 2.24) is 0 Å². The minimum atomic E-state index is 0.843. The molecule has 3 rings (SSSR count). The zero-order chi connectivity index (χ0) is 16.1. The molecule has 0 heterocycles. The van der Waals surface area contributed by atoms with Gasteiger partial charge in [0.25, 0.3) is 0 Å². The Morgan fingerprint density at radius 1 is 0.652 bits per heavy atom. The molecular formula is C22H39N. The molecule has 1 heteroatoms. The van der Waals surface area contributed by atoms with E-state index in [2.05, 4.69) is 19.1 Å². The van der Waals surface area contributed by atoms with Crippen LogP contribution in [-0.4, -0.2) is 6.54 Å². The van der Waals surface area contributed by atoms with E-state index in [9.17, 15) is 0 Å². The van der Waals surface area contributed by atoms with Gasteiger partial charge in [-0.2, -0.15) is 0 Å². The lowest BCUT2D eigenvalue weighted by Crippen LogP contribution is -2.30. The van der Waals surface area contributed by atoms with Gasteiger partial charge in [-0.25, -0.2) is 0 Å². The fraction of sp³-hybridized carbons (Fsp3) is 0.909. The lowest BCUT2D eigenvalue weighted by atomic mass is 9.65. The third-order valence-electron chi connectivity index (χ3n) is 7.66. The summed E-state index contributed by atoms with van der Waals surface area (Å²) in [5.41, 5.74) is 5.85. The van der Waals surface area contributed by atoms with Gasteiger partial charge in [0.2, 0.25) is 0 Å². The second-order valence-corrected chi connectivity index (χ2v) is 8.89. The third kappa shape index (κ3) is 4.62. The van der Waals surface area contributed by atoms with E-state index in [0.717, 1.165) is 42.1 Å². The van der Waals surface area contributed by atoms with Crippen molar-refractivity contribution >= 4 is 0 Å². The predicted molar refractivity (Wildman–Crippen MR) is 100 cm³/mol. The molecule has 0 aliphatic heterocycles. The lowest BCUT2D eigenvalue weighted by molar-refractivity contribution is 0.109. The van der Waals surface area contributed by atoms with Crippen LogP contribution < -0.4 is 5.73 Å². The van der Waals surface area contributed by atoms with E-state index >= 15 is 0 Å². The van der Waals surface area contributed by atoms with Gasteiger partial charge in [0.15, 0.2) is 0 Å². The standard InChI is InChI=1S/C22H39N/c1-2-3-17-4-8-19(9-5-17)21-12-14-22(15-13-21)20-10-6-18(16-23)7-11-20/h2-3,17-22H,4-16,23H2,1H3/b3-2+. The summed E-state index contributed by atoms with van der Waals surface area (Å²) < 4.78 is 0. The first-order chi connectivity index (χ1) is 11.3. The van der Waals surface area contributed by atoms with Crippen LogP contribution in [0.15, 0.2) is 12.2 Å². The topological polar surface area (TPSA) is 26.0 Å². The zero-order valence-corrected chi connectivity index (χ0v) is 15.4. The van der Waals surface area contributed by atoms with Crippen LogP contribution in [0, 0.1) is 35.5 Å². The molecule has 0 unspecified atom stereocenters. The van der Waals surface area contributed by atoms with Gasteiger partial charge >= 0.3 is 0 Å². The molecule has 0 aromatic heterocycles. The van der Waals surface area contributed by atoms with Gasteiger partial charge < -0.3 is 5.73 Å². The van der Waals surface area contributed by atoms with Crippen molar-refractivity contribution in [3.05, 3.63) is 12.2 Å². The first-order valence-corrected chi connectivity index (χ1v) is 10.6. The monoisotopic (exact) mass is 317 g/mol. The highest BCUT2D eigenvalue weighted by molar-refractivity contribution is 4.91. The molecule has 3 aliphatic carbocycles. The molecule has 0 amide bonds. The van der Waals surface area contributed by atoms with Gasteiger partial charge in [-0.3, -0.25) is 0 Å². The highest BCUT2D eigenvalue weighted by Crippen LogP contribution is 2.45. The van der Waals surface area contributed by atoms with Gasteiger partial charge in [0.05, 0.1) is 0 Å². The van der Waals surface area contributed by atoms with Crippen molar-refractivity contribution < 1.29 is 0 Å². The maximum atomic E-state index is 5.85. The van der Waals surface area contributed by atoms with E-state index in [1.807, 2.05) is 0 Å². The van der Waals surface area contributed by atoms with Crippen molar-refractivity contribution in [2.45, 2.75) is 84.0 Å². The number of hydrogen-bond acceptors (Lipinski definition) is 1. The average Bonchev–Trinajstić information content (AvgIpc) is 2.63. The summed E-state index contributed by atoms with van der Waals surface area (Å²) in [7, 11) is 0. The minimum Gasteiger partial charge on any atom is -0.330 e. The van der Waals surface area contributed by atoms with Gasteiger partial charge in [-0.1, -0.05) is 12.2 Å². The summed E-state index contributed by atoms with van der Waals surface area (Å²) in [5.74, 6) is 5.97. The third-order valence-corrected chi connectivity index (χ3v) is 7.66. The minimum absolute atomic E-state index is 0.843. The number of nitrogens with two attached hydrogens (primary N) is 1. The maximum Gasteiger partial charge on any atom is -0.00489 e. The Hall–Kier alpha value is -0.300. The van der Waals surface area contributed by atoms with Crippen molar-refractivity contribution in [1.29, 1.82) is 0 Å². The van der Waals surface area contributed by atoms with E-state index in [1.165, 1.54) is 64.2 Å². The van der Waals surface area contributed by atoms with Gasteiger partial charge in [0.1, 0.15) is 0 Å². The normalized spacial score (nSPS) is 42.9. The van der Waals surface area contributed by atoms with Crippen LogP contribution in [0.2, 0.25) is 0 Å². The summed E-state index contributed by atoms with van der Waals surface area (Å²) in [4.78, 5) is 0. The van der Waals surface area contributed by atoms with E-state index in [0.29, 0.717) is 0 Å². The highest BCUT2D eigenvalue weighted by atomic mass is 14.6. The van der Waals surface area contributed by atoms with E-state index in [1.54, 1.807) is 12.8 Å². The van der Waals surface area contributed by atoms with Crippen molar-refractivity contribution in [3.8, 4) is 0 Å². The molecule has 2 N–H and O–H groups in total. The molecule has 3 fully saturated rings. The molecule has 0 spiro atoms. The summed E-state index contributed by atoms with van der Waals surface area (Å²) in [5, 5.41) is 0. The smallest absolute Gasteiger partial charge is 0.00489 e. The Morgan fingerprint density at radius 2 is 1.04 bits per heavy atom. The summed E-state index contributed by atoms with van der Waals surface area (Å²) in [6, 6.07) is 0. The van der Waals surface area contributed by atoms with Crippen LogP contribution in [-0.2, 0) is 0 Å². The Balaban J connectivity index is 1.39. The molecule has 0 saturated heterocycles. The lowest BCUT2D eigenvalue weighted by Gasteiger charge is -2.41. The first-order valence-electron chi connectivity index (χ1n) is 10.6. The molecule has 0 atom stereocenters. The molecule has 132 valence electrons. The van der Waals surface area contributed by atoms with E-state index in [4.69, 9.17) is 5.73 Å².